The Hall–Kier alpha value is -2.36. The van der Waals surface area contributed by atoms with Crippen LogP contribution in [0.1, 0.15) is 91.4 Å². The molecule has 0 heterocycles. The average Bonchev–Trinajstić information content (AvgIpc) is 2.97. The van der Waals surface area contributed by atoms with Crippen molar-refractivity contribution in [2.45, 2.75) is 81.1 Å². The molecule has 198 valence electrons. The van der Waals surface area contributed by atoms with E-state index in [1.807, 2.05) is 39.8 Å². The van der Waals surface area contributed by atoms with Crippen LogP contribution in [0.5, 0.6) is 0 Å². The predicted molar refractivity (Wildman–Crippen MR) is 144 cm³/mol. The largest absolute Gasteiger partial charge is 0.297 e. The van der Waals surface area contributed by atoms with Crippen molar-refractivity contribution in [2.24, 2.45) is 50.7 Å². The Morgan fingerprint density at radius 2 is 1.57 bits per heavy atom. The fourth-order valence-corrected chi connectivity index (χ4v) is 9.54. The number of rotatable bonds is 5. The van der Waals surface area contributed by atoms with Crippen molar-refractivity contribution in [3.05, 3.63) is 47.5 Å². The van der Waals surface area contributed by atoms with Crippen LogP contribution in [-0.2, 0) is 14.4 Å². The van der Waals surface area contributed by atoms with Crippen molar-refractivity contribution in [3.63, 3.8) is 0 Å². The molecule has 5 aliphatic rings. The molecule has 1 aromatic rings. The summed E-state index contributed by atoms with van der Waals surface area (Å²) < 4.78 is 0. The summed E-state index contributed by atoms with van der Waals surface area (Å²) in [5.41, 5.74) is -4.20. The van der Waals surface area contributed by atoms with Gasteiger partial charge in [-0.2, -0.15) is 0 Å². The molecule has 6 unspecified atom stereocenters. The molecule has 0 amide bonds. The lowest BCUT2D eigenvalue weighted by Crippen LogP contribution is -2.75. The van der Waals surface area contributed by atoms with Crippen LogP contribution in [0.4, 0.5) is 0 Å². The van der Waals surface area contributed by atoms with E-state index in [4.69, 9.17) is 0 Å². The summed E-state index contributed by atoms with van der Waals surface area (Å²) in [5.74, 6) is -1.22. The van der Waals surface area contributed by atoms with E-state index in [1.54, 1.807) is 24.3 Å². The quantitative estimate of drug-likeness (QED) is 0.256. The van der Waals surface area contributed by atoms with Crippen LogP contribution < -0.4 is 0 Å². The van der Waals surface area contributed by atoms with Gasteiger partial charge in [-0.15, -0.1) is 0 Å². The van der Waals surface area contributed by atoms with Crippen molar-refractivity contribution >= 4 is 23.1 Å². The number of hydrogen-bond donors (Lipinski definition) is 0. The molecule has 1 spiro atoms. The number of hydrogen-bond acceptors (Lipinski definition) is 4. The average molecular weight is 503 g/mol. The van der Waals surface area contributed by atoms with Crippen LogP contribution in [0.25, 0.3) is 0 Å². The summed E-state index contributed by atoms with van der Waals surface area (Å²) in [6, 6.07) is 8.81. The first-order valence-corrected chi connectivity index (χ1v) is 14.0. The van der Waals surface area contributed by atoms with Gasteiger partial charge in [-0.3, -0.25) is 19.2 Å². The predicted octanol–water partition coefficient (Wildman–Crippen LogP) is 6.67. The SMILES string of the molecule is CC(C)=CCC12CC3CC4C(CC(C(C)C)C4(C)C)(C1=O)C(=O)C(C(=O)c1ccccc1)(C2=O)C3(C)C. The fraction of sp³-hybridized carbons (Fsp3) is 0.636. The highest BCUT2D eigenvalue weighted by Gasteiger charge is 2.86. The Bertz CT molecular complexity index is 1230. The highest BCUT2D eigenvalue weighted by molar-refractivity contribution is 6.42. The number of benzene rings is 1. The van der Waals surface area contributed by atoms with Gasteiger partial charge in [0, 0.05) is 5.56 Å². The van der Waals surface area contributed by atoms with Crippen molar-refractivity contribution in [2.75, 3.05) is 0 Å². The van der Waals surface area contributed by atoms with Gasteiger partial charge in [-0.25, -0.2) is 0 Å². The molecule has 4 heteroatoms. The molecule has 0 N–H and O–H groups in total. The molecule has 0 aromatic heterocycles. The maximum atomic E-state index is 15.2. The zero-order valence-electron chi connectivity index (χ0n) is 23.7. The maximum Gasteiger partial charge on any atom is 0.184 e. The van der Waals surface area contributed by atoms with Gasteiger partial charge in [0.05, 0.1) is 10.8 Å². The normalized spacial score (nSPS) is 39.1. The Morgan fingerprint density at radius 1 is 0.946 bits per heavy atom. The van der Waals surface area contributed by atoms with Crippen LogP contribution in [-0.4, -0.2) is 23.1 Å². The fourth-order valence-electron chi connectivity index (χ4n) is 9.54. The van der Waals surface area contributed by atoms with E-state index in [9.17, 15) is 14.4 Å². The molecule has 4 nitrogen and oxygen atoms in total. The molecule has 6 atom stereocenters. The molecule has 0 aliphatic heterocycles. The van der Waals surface area contributed by atoms with Crippen LogP contribution in [0, 0.1) is 50.7 Å². The van der Waals surface area contributed by atoms with Gasteiger partial charge in [-0.1, -0.05) is 83.5 Å². The van der Waals surface area contributed by atoms with Crippen LogP contribution in [0.15, 0.2) is 42.0 Å². The van der Waals surface area contributed by atoms with E-state index >= 15 is 4.79 Å². The number of Topliss-reactive ketones (excluding diaryl/α,β-unsaturated/α-hetero) is 4. The Labute approximate surface area is 221 Å². The second-order valence-corrected chi connectivity index (χ2v) is 14.3. The first kappa shape index (κ1) is 26.3. The lowest BCUT2D eigenvalue weighted by atomic mass is 9.37. The van der Waals surface area contributed by atoms with E-state index in [0.717, 1.165) is 5.57 Å². The van der Waals surface area contributed by atoms with E-state index < -0.39 is 33.2 Å². The lowest BCUT2D eigenvalue weighted by molar-refractivity contribution is -0.181. The van der Waals surface area contributed by atoms with Crippen molar-refractivity contribution < 1.29 is 19.2 Å². The van der Waals surface area contributed by atoms with Gasteiger partial charge in [0.25, 0.3) is 0 Å². The third-order valence-corrected chi connectivity index (χ3v) is 11.5. The Balaban J connectivity index is 1.88. The molecular weight excluding hydrogens is 460 g/mol. The molecule has 4 bridgehead atoms. The summed E-state index contributed by atoms with van der Waals surface area (Å²) in [5, 5.41) is 0. The highest BCUT2D eigenvalue weighted by Crippen LogP contribution is 2.77. The number of allylic oxidation sites excluding steroid dienone is 2. The van der Waals surface area contributed by atoms with Gasteiger partial charge >= 0.3 is 0 Å². The minimum Gasteiger partial charge on any atom is -0.297 e. The molecule has 6 rings (SSSR count). The topological polar surface area (TPSA) is 68.3 Å². The standard InChI is InChI=1S/C33H42O4/c1-19(2)14-15-31-17-22-16-24-29(5,6)23(20(3)4)18-32(24,26(31)35)28(37)33(27(31)36,30(22,7)8)25(34)21-12-10-9-11-13-21/h9-14,20,22-24H,15-18H2,1-8H3. The molecule has 0 saturated heterocycles. The number of carbonyl (C=O) groups is 4. The van der Waals surface area contributed by atoms with Gasteiger partial charge in [0.2, 0.25) is 0 Å². The zero-order valence-corrected chi connectivity index (χ0v) is 23.7. The smallest absolute Gasteiger partial charge is 0.184 e. The van der Waals surface area contributed by atoms with Crippen molar-refractivity contribution in [1.82, 2.24) is 0 Å². The molecule has 5 saturated carbocycles. The second kappa shape index (κ2) is 7.83. The number of carbonyl (C=O) groups excluding carboxylic acids is 4. The van der Waals surface area contributed by atoms with Crippen LogP contribution >= 0.6 is 0 Å². The van der Waals surface area contributed by atoms with Crippen LogP contribution in [0.2, 0.25) is 0 Å². The van der Waals surface area contributed by atoms with Gasteiger partial charge < -0.3 is 0 Å². The molecule has 0 radical (unpaired) electrons. The van der Waals surface area contributed by atoms with Gasteiger partial charge in [-0.05, 0) is 74.0 Å². The molecule has 1 aromatic carbocycles. The monoisotopic (exact) mass is 502 g/mol. The van der Waals surface area contributed by atoms with E-state index in [-0.39, 0.29) is 47.1 Å². The third-order valence-electron chi connectivity index (χ3n) is 11.5. The molecular formula is C33H42O4. The lowest BCUT2D eigenvalue weighted by Gasteiger charge is -2.60. The van der Waals surface area contributed by atoms with Crippen molar-refractivity contribution in [3.8, 4) is 0 Å². The summed E-state index contributed by atoms with van der Waals surface area (Å²) in [7, 11) is 0. The Kier molecular flexibility index (Phi) is 5.56. The maximum absolute atomic E-state index is 15.2. The van der Waals surface area contributed by atoms with Gasteiger partial charge in [0.15, 0.2) is 28.5 Å². The van der Waals surface area contributed by atoms with E-state index in [2.05, 4.69) is 27.7 Å². The summed E-state index contributed by atoms with van der Waals surface area (Å²) >= 11 is 0. The summed E-state index contributed by atoms with van der Waals surface area (Å²) in [6.07, 6.45) is 3.83. The Morgan fingerprint density at radius 3 is 2.14 bits per heavy atom. The van der Waals surface area contributed by atoms with Crippen LogP contribution in [0.3, 0.4) is 0 Å². The summed E-state index contributed by atoms with van der Waals surface area (Å²) in [4.78, 5) is 59.7. The van der Waals surface area contributed by atoms with Crippen molar-refractivity contribution in [1.29, 1.82) is 0 Å². The highest BCUT2D eigenvalue weighted by atomic mass is 16.2. The van der Waals surface area contributed by atoms with E-state index in [1.165, 1.54) is 0 Å². The minimum atomic E-state index is -1.85. The molecule has 37 heavy (non-hydrogen) atoms. The number of ketones is 4. The minimum absolute atomic E-state index is 0.0871. The van der Waals surface area contributed by atoms with Gasteiger partial charge in [0.1, 0.15) is 0 Å². The first-order chi connectivity index (χ1) is 17.1. The zero-order chi connectivity index (χ0) is 27.3. The third kappa shape index (κ3) is 2.85. The van der Waals surface area contributed by atoms with E-state index in [0.29, 0.717) is 24.8 Å². The molecule has 5 fully saturated rings. The summed E-state index contributed by atoms with van der Waals surface area (Å²) in [6.45, 7) is 16.6. The second-order valence-electron chi connectivity index (χ2n) is 14.3. The first-order valence-electron chi connectivity index (χ1n) is 14.0. The molecule has 5 aliphatic carbocycles.